The molecule has 0 aliphatic rings. The van der Waals surface area contributed by atoms with Gasteiger partial charge in [0.1, 0.15) is 18.2 Å². The SMILES string of the molecule is CN(C(=O)NCc1cccc(F)c1Cl)[C@@H](COC(=O)Nc1cc2ccccc2cn1)C[C@@H](O)COP(=O)(O)O. The summed E-state index contributed by atoms with van der Waals surface area (Å²) in [6, 6.07) is 11.5. The average molecular weight is 585 g/mol. The second-order valence-corrected chi connectivity index (χ2v) is 10.1. The number of carbonyl (C=O) groups is 2. The fourth-order valence-electron chi connectivity index (χ4n) is 3.51. The molecule has 0 radical (unpaired) electrons. The number of aliphatic hydroxyl groups excluding tert-OH is 1. The van der Waals surface area contributed by atoms with Crippen molar-refractivity contribution in [3.05, 3.63) is 71.1 Å². The minimum absolute atomic E-state index is 0.120. The molecule has 12 nitrogen and oxygen atoms in total. The maximum Gasteiger partial charge on any atom is 0.469 e. The second kappa shape index (κ2) is 13.7. The zero-order valence-electron chi connectivity index (χ0n) is 20.7. The van der Waals surface area contributed by atoms with Gasteiger partial charge in [0.15, 0.2) is 0 Å². The van der Waals surface area contributed by atoms with Gasteiger partial charge in [0, 0.05) is 25.2 Å². The van der Waals surface area contributed by atoms with Gasteiger partial charge in [-0.25, -0.2) is 23.5 Å². The van der Waals surface area contributed by atoms with Crippen molar-refractivity contribution in [2.24, 2.45) is 0 Å². The van der Waals surface area contributed by atoms with Crippen LogP contribution in [0.25, 0.3) is 10.8 Å². The van der Waals surface area contributed by atoms with E-state index >= 15 is 0 Å². The molecule has 3 rings (SSSR count). The van der Waals surface area contributed by atoms with Crippen LogP contribution in [0.2, 0.25) is 5.02 Å². The van der Waals surface area contributed by atoms with E-state index in [1.165, 1.54) is 25.2 Å². The first kappa shape index (κ1) is 30.2. The Labute approximate surface area is 227 Å². The van der Waals surface area contributed by atoms with E-state index in [4.69, 9.17) is 26.1 Å². The lowest BCUT2D eigenvalue weighted by Gasteiger charge is -2.29. The molecule has 3 aromatic rings. The summed E-state index contributed by atoms with van der Waals surface area (Å²) in [6.07, 6.45) is -1.01. The number of phosphoric ester groups is 1. The van der Waals surface area contributed by atoms with Crippen LogP contribution in [0.1, 0.15) is 12.0 Å². The average Bonchev–Trinajstić information content (AvgIpc) is 2.89. The maximum absolute atomic E-state index is 13.7. The van der Waals surface area contributed by atoms with Crippen molar-refractivity contribution in [3.63, 3.8) is 0 Å². The Kier molecular flexibility index (Phi) is 10.6. The molecule has 1 aromatic heterocycles. The number of aromatic nitrogens is 1. The number of urea groups is 1. The molecule has 0 fully saturated rings. The molecule has 1 heterocycles. The van der Waals surface area contributed by atoms with Crippen molar-refractivity contribution in [2.45, 2.75) is 25.1 Å². The van der Waals surface area contributed by atoms with Crippen LogP contribution in [0.3, 0.4) is 0 Å². The first-order valence-electron chi connectivity index (χ1n) is 11.5. The minimum Gasteiger partial charge on any atom is -0.447 e. The fourth-order valence-corrected chi connectivity index (χ4v) is 4.07. The molecule has 2 atom stereocenters. The zero-order valence-corrected chi connectivity index (χ0v) is 22.3. The van der Waals surface area contributed by atoms with Crippen LogP contribution in [0.5, 0.6) is 0 Å². The number of fused-ring (bicyclic) bond motifs is 1. The van der Waals surface area contributed by atoms with Crippen molar-refractivity contribution in [2.75, 3.05) is 25.6 Å². The van der Waals surface area contributed by atoms with E-state index < -0.39 is 51.1 Å². The van der Waals surface area contributed by atoms with Crippen LogP contribution >= 0.6 is 19.4 Å². The Bertz CT molecular complexity index is 1360. The molecule has 0 aliphatic carbocycles. The van der Waals surface area contributed by atoms with E-state index in [1.54, 1.807) is 12.3 Å². The van der Waals surface area contributed by atoms with Crippen molar-refractivity contribution in [3.8, 4) is 0 Å². The van der Waals surface area contributed by atoms with Crippen LogP contribution in [-0.2, 0) is 20.4 Å². The highest BCUT2D eigenvalue weighted by atomic mass is 35.5. The topological polar surface area (TPSA) is 171 Å². The summed E-state index contributed by atoms with van der Waals surface area (Å²) in [4.78, 5) is 48.3. The highest BCUT2D eigenvalue weighted by molar-refractivity contribution is 7.46. The molecule has 5 N–H and O–H groups in total. The first-order chi connectivity index (χ1) is 18.4. The van der Waals surface area contributed by atoms with E-state index in [9.17, 15) is 23.7 Å². The van der Waals surface area contributed by atoms with Gasteiger partial charge < -0.3 is 29.8 Å². The Balaban J connectivity index is 1.64. The van der Waals surface area contributed by atoms with Gasteiger partial charge in [0.25, 0.3) is 0 Å². The number of carbonyl (C=O) groups excluding carboxylic acids is 2. The van der Waals surface area contributed by atoms with Crippen molar-refractivity contribution in [1.82, 2.24) is 15.2 Å². The number of anilines is 1. The molecule has 0 saturated heterocycles. The lowest BCUT2D eigenvalue weighted by Crippen LogP contribution is -2.47. The molecule has 0 spiro atoms. The molecular weight excluding hydrogens is 558 g/mol. The Morgan fingerprint density at radius 2 is 1.87 bits per heavy atom. The van der Waals surface area contributed by atoms with Crippen LogP contribution in [0.15, 0.2) is 54.7 Å². The van der Waals surface area contributed by atoms with Gasteiger partial charge in [-0.2, -0.15) is 0 Å². The number of amides is 3. The quantitative estimate of drug-likeness (QED) is 0.211. The first-order valence-corrected chi connectivity index (χ1v) is 13.4. The van der Waals surface area contributed by atoms with E-state index in [0.717, 1.165) is 15.7 Å². The molecule has 39 heavy (non-hydrogen) atoms. The Morgan fingerprint density at radius 3 is 2.59 bits per heavy atom. The normalized spacial score (nSPS) is 13.0. The van der Waals surface area contributed by atoms with Gasteiger partial charge in [0.2, 0.25) is 0 Å². The summed E-state index contributed by atoms with van der Waals surface area (Å²) in [7, 11) is -3.49. The second-order valence-electron chi connectivity index (χ2n) is 8.45. The van der Waals surface area contributed by atoms with Crippen LogP contribution in [-0.4, -0.2) is 69.3 Å². The van der Waals surface area contributed by atoms with Gasteiger partial charge in [-0.1, -0.05) is 48.0 Å². The van der Waals surface area contributed by atoms with Gasteiger partial charge in [-0.05, 0) is 29.5 Å². The van der Waals surface area contributed by atoms with E-state index in [2.05, 4.69) is 20.1 Å². The largest absolute Gasteiger partial charge is 0.469 e. The third-order valence-electron chi connectivity index (χ3n) is 5.58. The van der Waals surface area contributed by atoms with Gasteiger partial charge in [-0.3, -0.25) is 9.84 Å². The number of aliphatic hydroxyl groups is 1. The molecule has 3 amide bonds. The summed E-state index contributed by atoms with van der Waals surface area (Å²) in [5.74, 6) is -0.425. The Morgan fingerprint density at radius 1 is 1.15 bits per heavy atom. The molecular formula is C24H27ClFN4O8P. The van der Waals surface area contributed by atoms with Crippen molar-refractivity contribution in [1.29, 1.82) is 0 Å². The molecule has 0 aliphatic heterocycles. The maximum atomic E-state index is 13.7. The minimum atomic E-state index is -4.85. The third-order valence-corrected chi connectivity index (χ3v) is 6.49. The van der Waals surface area contributed by atoms with Crippen LogP contribution in [0, 0.1) is 5.82 Å². The Hall–Kier alpha value is -3.32. The van der Waals surface area contributed by atoms with Gasteiger partial charge >= 0.3 is 19.9 Å². The van der Waals surface area contributed by atoms with Crippen LogP contribution < -0.4 is 10.6 Å². The number of pyridine rings is 1. The predicted molar refractivity (Wildman–Crippen MR) is 141 cm³/mol. The third kappa shape index (κ3) is 9.43. The number of hydrogen-bond acceptors (Lipinski definition) is 7. The molecule has 0 bridgehead atoms. The number of nitrogens with zero attached hydrogens (tertiary/aromatic N) is 2. The number of benzene rings is 2. The standard InChI is InChI=1S/C24H27ClFN4O8P/c1-30(23(32)28-12-17-7-4-8-20(26)22(17)25)18(10-19(31)14-38-39(34,35)36)13-37-24(33)29-21-9-15-5-2-3-6-16(15)11-27-21/h2-9,11,18-19,31H,10,12-14H2,1H3,(H,28,32)(H,27,29,33)(H2,34,35,36)/t18-,19-/m1/s1. The predicted octanol–water partition coefficient (Wildman–Crippen LogP) is 3.65. The van der Waals surface area contributed by atoms with Crippen molar-refractivity contribution >= 4 is 48.1 Å². The molecule has 15 heteroatoms. The fraction of sp³-hybridized carbons (Fsp3) is 0.292. The summed E-state index contributed by atoms with van der Waals surface area (Å²) in [6.45, 7) is -1.26. The van der Waals surface area contributed by atoms with Gasteiger partial charge in [0.05, 0.1) is 23.8 Å². The number of likely N-dealkylation sites (N-methyl/N-ethyl adjacent to an activating group) is 1. The molecule has 0 saturated carbocycles. The summed E-state index contributed by atoms with van der Waals surface area (Å²) < 4.78 is 34.2. The molecule has 210 valence electrons. The highest BCUT2D eigenvalue weighted by Crippen LogP contribution is 2.36. The van der Waals surface area contributed by atoms with E-state index in [-0.39, 0.29) is 23.8 Å². The highest BCUT2D eigenvalue weighted by Gasteiger charge is 2.26. The van der Waals surface area contributed by atoms with E-state index in [0.29, 0.717) is 5.56 Å². The number of ether oxygens (including phenoxy) is 1. The number of nitrogens with one attached hydrogen (secondary N) is 2. The number of hydrogen-bond donors (Lipinski definition) is 5. The van der Waals surface area contributed by atoms with Crippen molar-refractivity contribution < 1.29 is 42.7 Å². The number of rotatable bonds is 11. The lowest BCUT2D eigenvalue weighted by atomic mass is 10.1. The number of phosphoric acid groups is 1. The summed E-state index contributed by atoms with van der Waals surface area (Å²) in [5, 5.41) is 16.8. The molecule has 0 unspecified atom stereocenters. The molecule has 2 aromatic carbocycles. The van der Waals surface area contributed by atoms with E-state index in [1.807, 2.05) is 24.3 Å². The monoisotopic (exact) mass is 584 g/mol. The lowest BCUT2D eigenvalue weighted by molar-refractivity contribution is 0.0452. The summed E-state index contributed by atoms with van der Waals surface area (Å²) >= 11 is 5.92. The smallest absolute Gasteiger partial charge is 0.447 e. The zero-order chi connectivity index (χ0) is 28.6. The van der Waals surface area contributed by atoms with Gasteiger partial charge in [-0.15, -0.1) is 0 Å². The number of halogens is 2. The van der Waals surface area contributed by atoms with Crippen LogP contribution in [0.4, 0.5) is 19.8 Å². The summed E-state index contributed by atoms with van der Waals surface area (Å²) in [5.41, 5.74) is 0.323.